The fourth-order valence-electron chi connectivity index (χ4n) is 2.11. The van der Waals surface area contributed by atoms with Crippen LogP contribution < -0.4 is 10.6 Å². The Morgan fingerprint density at radius 3 is 2.67 bits per heavy atom. The number of carbonyl (C=O) groups excluding carboxylic acids is 1. The highest BCUT2D eigenvalue weighted by molar-refractivity contribution is 6.33. The van der Waals surface area contributed by atoms with Crippen molar-refractivity contribution in [1.82, 2.24) is 0 Å². The lowest BCUT2D eigenvalue weighted by Gasteiger charge is -2.19. The quantitative estimate of drug-likeness (QED) is 0.867. The van der Waals surface area contributed by atoms with Crippen LogP contribution in [-0.4, -0.2) is 30.1 Å². The number of benzene rings is 1. The highest BCUT2D eigenvalue weighted by Gasteiger charge is 2.27. The summed E-state index contributed by atoms with van der Waals surface area (Å²) >= 11 is 6.06. The van der Waals surface area contributed by atoms with Gasteiger partial charge in [-0.3, -0.25) is 4.79 Å². The smallest absolute Gasteiger partial charge is 0.335 e. The maximum atomic E-state index is 11.1. The number of primary amides is 1. The molecule has 2 rings (SSSR count). The number of nitrogens with zero attached hydrogens (tertiary/aromatic N) is 1. The van der Waals surface area contributed by atoms with E-state index < -0.39 is 5.97 Å². The third-order valence-corrected chi connectivity index (χ3v) is 3.43. The molecule has 1 heterocycles. The third kappa shape index (κ3) is 2.41. The molecule has 1 aliphatic rings. The maximum absolute atomic E-state index is 11.1. The average Bonchev–Trinajstić information content (AvgIpc) is 2.78. The van der Waals surface area contributed by atoms with Crippen LogP contribution in [0.3, 0.4) is 0 Å². The first kappa shape index (κ1) is 12.7. The van der Waals surface area contributed by atoms with E-state index in [1.807, 2.05) is 4.90 Å². The summed E-state index contributed by atoms with van der Waals surface area (Å²) in [6.45, 7) is 1.22. The minimum atomic E-state index is -1.01. The van der Waals surface area contributed by atoms with Crippen LogP contribution in [0.15, 0.2) is 18.2 Å². The van der Waals surface area contributed by atoms with Crippen molar-refractivity contribution in [2.45, 2.75) is 6.42 Å². The fourth-order valence-corrected chi connectivity index (χ4v) is 2.41. The molecule has 0 bridgehead atoms. The Hall–Kier alpha value is -1.75. The summed E-state index contributed by atoms with van der Waals surface area (Å²) in [6, 6.07) is 4.58. The van der Waals surface area contributed by atoms with Gasteiger partial charge >= 0.3 is 5.97 Å². The third-order valence-electron chi connectivity index (χ3n) is 3.13. The predicted octanol–water partition coefficient (Wildman–Crippen LogP) is 1.35. The maximum Gasteiger partial charge on any atom is 0.335 e. The number of carboxylic acids is 1. The Kier molecular flexibility index (Phi) is 3.43. The van der Waals surface area contributed by atoms with E-state index in [1.165, 1.54) is 12.1 Å². The van der Waals surface area contributed by atoms with Crippen LogP contribution in [0, 0.1) is 5.92 Å². The van der Waals surface area contributed by atoms with Crippen LogP contribution in [0.2, 0.25) is 5.02 Å². The van der Waals surface area contributed by atoms with Gasteiger partial charge in [-0.2, -0.15) is 0 Å². The topological polar surface area (TPSA) is 83.6 Å². The van der Waals surface area contributed by atoms with Gasteiger partial charge in [0.1, 0.15) is 0 Å². The zero-order valence-electron chi connectivity index (χ0n) is 9.60. The van der Waals surface area contributed by atoms with E-state index in [0.29, 0.717) is 24.5 Å². The molecule has 1 atom stereocenters. The summed E-state index contributed by atoms with van der Waals surface area (Å²) in [7, 11) is 0. The molecule has 96 valence electrons. The Morgan fingerprint density at radius 2 is 2.17 bits per heavy atom. The van der Waals surface area contributed by atoms with Gasteiger partial charge in [-0.1, -0.05) is 11.6 Å². The van der Waals surface area contributed by atoms with Crippen molar-refractivity contribution >= 4 is 29.2 Å². The molecule has 0 aromatic heterocycles. The normalized spacial score (nSPS) is 18.9. The van der Waals surface area contributed by atoms with E-state index in [0.717, 1.165) is 5.69 Å². The van der Waals surface area contributed by atoms with Crippen LogP contribution in [0.5, 0.6) is 0 Å². The summed E-state index contributed by atoms with van der Waals surface area (Å²) in [6.07, 6.45) is 0.701. The lowest BCUT2D eigenvalue weighted by molar-refractivity contribution is -0.121. The van der Waals surface area contributed by atoms with Gasteiger partial charge in [0, 0.05) is 13.1 Å². The minimum Gasteiger partial charge on any atom is -0.478 e. The summed E-state index contributed by atoms with van der Waals surface area (Å²) in [5.74, 6) is -1.49. The summed E-state index contributed by atoms with van der Waals surface area (Å²) < 4.78 is 0. The second-order valence-corrected chi connectivity index (χ2v) is 4.71. The molecule has 3 N–H and O–H groups in total. The molecule has 0 radical (unpaired) electrons. The number of carboxylic acid groups (broad SMARTS) is 1. The number of nitrogens with two attached hydrogens (primary N) is 1. The lowest BCUT2D eigenvalue weighted by Crippen LogP contribution is -2.27. The summed E-state index contributed by atoms with van der Waals surface area (Å²) in [5.41, 5.74) is 6.15. The van der Waals surface area contributed by atoms with Crippen LogP contribution in [0.1, 0.15) is 16.8 Å². The van der Waals surface area contributed by atoms with Gasteiger partial charge in [-0.15, -0.1) is 0 Å². The minimum absolute atomic E-state index is 0.148. The van der Waals surface area contributed by atoms with Crippen molar-refractivity contribution in [2.75, 3.05) is 18.0 Å². The molecule has 6 heteroatoms. The molecule has 5 nitrogen and oxygen atoms in total. The van der Waals surface area contributed by atoms with Crippen LogP contribution in [0.4, 0.5) is 5.69 Å². The van der Waals surface area contributed by atoms with Crippen molar-refractivity contribution < 1.29 is 14.7 Å². The zero-order chi connectivity index (χ0) is 13.3. The highest BCUT2D eigenvalue weighted by Crippen LogP contribution is 2.31. The number of anilines is 1. The molecule has 1 aromatic rings. The van der Waals surface area contributed by atoms with Gasteiger partial charge < -0.3 is 15.7 Å². The number of amides is 1. The standard InChI is InChI=1S/C12H13ClN2O3/c13-9-5-7(12(17)18)1-2-10(9)15-4-3-8(6-15)11(14)16/h1-2,5,8H,3-4,6H2,(H2,14,16)(H,17,18). The predicted molar refractivity (Wildman–Crippen MR) is 67.9 cm³/mol. The van der Waals surface area contributed by atoms with E-state index in [1.54, 1.807) is 6.07 Å². The second kappa shape index (κ2) is 4.86. The van der Waals surface area contributed by atoms with E-state index in [4.69, 9.17) is 22.4 Å². The largest absolute Gasteiger partial charge is 0.478 e. The van der Waals surface area contributed by atoms with Gasteiger partial charge in [-0.05, 0) is 24.6 Å². The molecule has 0 saturated carbocycles. The van der Waals surface area contributed by atoms with Crippen LogP contribution >= 0.6 is 11.6 Å². The first-order valence-corrected chi connectivity index (χ1v) is 5.94. The molecular formula is C12H13ClN2O3. The highest BCUT2D eigenvalue weighted by atomic mass is 35.5. The van der Waals surface area contributed by atoms with Crippen molar-refractivity contribution in [3.63, 3.8) is 0 Å². The molecule has 0 spiro atoms. The number of carbonyl (C=O) groups is 2. The van der Waals surface area contributed by atoms with E-state index in [-0.39, 0.29) is 17.4 Å². The SMILES string of the molecule is NC(=O)C1CCN(c2ccc(C(=O)O)cc2Cl)C1. The van der Waals surface area contributed by atoms with E-state index in [9.17, 15) is 9.59 Å². The molecule has 1 fully saturated rings. The summed E-state index contributed by atoms with van der Waals surface area (Å²) in [4.78, 5) is 23.8. The van der Waals surface area contributed by atoms with Gasteiger partial charge in [0.15, 0.2) is 0 Å². The molecule has 1 saturated heterocycles. The number of halogens is 1. The molecule has 1 aromatic carbocycles. The monoisotopic (exact) mass is 268 g/mol. The van der Waals surface area contributed by atoms with Gasteiger partial charge in [0.05, 0.1) is 22.2 Å². The van der Waals surface area contributed by atoms with Gasteiger partial charge in [0.25, 0.3) is 0 Å². The molecule has 1 amide bonds. The average molecular weight is 269 g/mol. The first-order chi connectivity index (χ1) is 8.49. The van der Waals surface area contributed by atoms with Crippen LogP contribution in [-0.2, 0) is 4.79 Å². The van der Waals surface area contributed by atoms with E-state index >= 15 is 0 Å². The van der Waals surface area contributed by atoms with Crippen LogP contribution in [0.25, 0.3) is 0 Å². The molecule has 0 aliphatic carbocycles. The second-order valence-electron chi connectivity index (χ2n) is 4.31. The zero-order valence-corrected chi connectivity index (χ0v) is 10.4. The van der Waals surface area contributed by atoms with Crippen molar-refractivity contribution in [3.05, 3.63) is 28.8 Å². The Balaban J connectivity index is 2.20. The molecule has 18 heavy (non-hydrogen) atoms. The molecule has 1 aliphatic heterocycles. The lowest BCUT2D eigenvalue weighted by atomic mass is 10.1. The molecule has 1 unspecified atom stereocenters. The fraction of sp³-hybridized carbons (Fsp3) is 0.333. The van der Waals surface area contributed by atoms with Crippen molar-refractivity contribution in [1.29, 1.82) is 0 Å². The Bertz CT molecular complexity index is 504. The van der Waals surface area contributed by atoms with Gasteiger partial charge in [-0.25, -0.2) is 4.79 Å². The van der Waals surface area contributed by atoms with Crippen molar-refractivity contribution in [3.8, 4) is 0 Å². The van der Waals surface area contributed by atoms with Gasteiger partial charge in [0.2, 0.25) is 5.91 Å². The van der Waals surface area contributed by atoms with Crippen molar-refractivity contribution in [2.24, 2.45) is 11.7 Å². The number of rotatable bonds is 3. The Morgan fingerprint density at radius 1 is 1.44 bits per heavy atom. The Labute approximate surface area is 109 Å². The van der Waals surface area contributed by atoms with E-state index in [2.05, 4.69) is 0 Å². The summed E-state index contributed by atoms with van der Waals surface area (Å²) in [5, 5.41) is 9.22. The number of hydrogen-bond donors (Lipinski definition) is 2. The number of hydrogen-bond acceptors (Lipinski definition) is 3. The number of aromatic carboxylic acids is 1. The first-order valence-electron chi connectivity index (χ1n) is 5.56. The molecular weight excluding hydrogens is 256 g/mol.